The first-order valence-corrected chi connectivity index (χ1v) is 10.2. The molecule has 0 unspecified atom stereocenters. The van der Waals surface area contributed by atoms with E-state index in [1.54, 1.807) is 37.6 Å². The van der Waals surface area contributed by atoms with E-state index in [1.165, 1.54) is 5.69 Å². The predicted octanol–water partition coefficient (Wildman–Crippen LogP) is 3.58. The van der Waals surface area contributed by atoms with Crippen molar-refractivity contribution in [2.24, 2.45) is 0 Å². The van der Waals surface area contributed by atoms with Crippen LogP contribution in [0, 0.1) is 0 Å². The van der Waals surface area contributed by atoms with Gasteiger partial charge in [0.2, 0.25) is 0 Å². The Kier molecular flexibility index (Phi) is 6.35. The van der Waals surface area contributed by atoms with Gasteiger partial charge in [-0.15, -0.1) is 0 Å². The maximum Gasteiger partial charge on any atom is 0.251 e. The number of hydrogen-bond donors (Lipinski definition) is 1. The van der Waals surface area contributed by atoms with Gasteiger partial charge in [0, 0.05) is 44.0 Å². The van der Waals surface area contributed by atoms with Gasteiger partial charge in [-0.3, -0.25) is 9.69 Å². The van der Waals surface area contributed by atoms with Gasteiger partial charge in [0.05, 0.1) is 19.4 Å². The molecule has 1 amide bonds. The molecule has 0 saturated carbocycles. The zero-order valence-electron chi connectivity index (χ0n) is 17.2. The first-order valence-electron chi connectivity index (χ1n) is 10.2. The van der Waals surface area contributed by atoms with Crippen molar-refractivity contribution in [3.8, 4) is 5.75 Å². The lowest BCUT2D eigenvalue weighted by Gasteiger charge is -2.39. The number of anilines is 1. The number of piperazine rings is 1. The van der Waals surface area contributed by atoms with Crippen LogP contribution in [0.1, 0.15) is 22.2 Å². The molecule has 1 fully saturated rings. The highest BCUT2D eigenvalue weighted by Gasteiger charge is 2.27. The van der Waals surface area contributed by atoms with E-state index in [1.807, 2.05) is 18.2 Å². The van der Waals surface area contributed by atoms with Crippen molar-refractivity contribution in [1.29, 1.82) is 0 Å². The highest BCUT2D eigenvalue weighted by molar-refractivity contribution is 5.94. The van der Waals surface area contributed by atoms with Crippen molar-refractivity contribution in [2.45, 2.75) is 6.04 Å². The number of ether oxygens (including phenoxy) is 1. The highest BCUT2D eigenvalue weighted by Crippen LogP contribution is 2.24. The van der Waals surface area contributed by atoms with Gasteiger partial charge in [-0.1, -0.05) is 18.2 Å². The number of carbonyl (C=O) groups is 1. The summed E-state index contributed by atoms with van der Waals surface area (Å²) in [6, 6.07) is 21.5. The van der Waals surface area contributed by atoms with E-state index in [9.17, 15) is 4.79 Å². The van der Waals surface area contributed by atoms with E-state index in [4.69, 9.17) is 9.15 Å². The summed E-state index contributed by atoms with van der Waals surface area (Å²) in [5, 5.41) is 3.07. The first kappa shape index (κ1) is 20.0. The number of para-hydroxylation sites is 1. The van der Waals surface area contributed by atoms with Crippen LogP contribution in [-0.2, 0) is 0 Å². The minimum absolute atomic E-state index is 0.000113. The van der Waals surface area contributed by atoms with Crippen LogP contribution in [0.4, 0.5) is 5.69 Å². The minimum atomic E-state index is -0.0999. The van der Waals surface area contributed by atoms with E-state index in [2.05, 4.69) is 39.4 Å². The minimum Gasteiger partial charge on any atom is -0.497 e. The van der Waals surface area contributed by atoms with Gasteiger partial charge >= 0.3 is 0 Å². The standard InChI is InChI=1S/C24H27N3O3/c1-29-21-11-9-19(10-12-21)24(28)25-18-22(23-8-5-17-30-23)27-15-13-26(14-16-27)20-6-3-2-4-7-20/h2-12,17,22H,13-16,18H2,1H3,(H,25,28)/t22-/m1/s1. The SMILES string of the molecule is COc1ccc(C(=O)NC[C@H](c2ccco2)N2CCN(c3ccccc3)CC2)cc1. The number of hydrogen-bond acceptors (Lipinski definition) is 5. The lowest BCUT2D eigenvalue weighted by molar-refractivity contribution is 0.0923. The quantitative estimate of drug-likeness (QED) is 0.651. The van der Waals surface area contributed by atoms with Crippen LogP contribution < -0.4 is 15.0 Å². The molecular weight excluding hydrogens is 378 g/mol. The summed E-state index contributed by atoms with van der Waals surface area (Å²) in [6.07, 6.45) is 1.69. The fourth-order valence-electron chi connectivity index (χ4n) is 3.85. The Morgan fingerprint density at radius 2 is 1.73 bits per heavy atom. The third-order valence-corrected chi connectivity index (χ3v) is 5.56. The Morgan fingerprint density at radius 1 is 1.00 bits per heavy atom. The molecule has 2 aromatic carbocycles. The molecular formula is C24H27N3O3. The van der Waals surface area contributed by atoms with Gasteiger partial charge in [-0.25, -0.2) is 0 Å². The van der Waals surface area contributed by atoms with Crippen molar-refractivity contribution in [2.75, 3.05) is 44.7 Å². The average Bonchev–Trinajstić information content (AvgIpc) is 3.35. The maximum absolute atomic E-state index is 12.6. The van der Waals surface area contributed by atoms with E-state index in [0.717, 1.165) is 37.7 Å². The van der Waals surface area contributed by atoms with Crippen LogP contribution >= 0.6 is 0 Å². The van der Waals surface area contributed by atoms with Gasteiger partial charge in [-0.05, 0) is 48.5 Å². The lowest BCUT2D eigenvalue weighted by atomic mass is 10.1. The summed E-state index contributed by atoms with van der Waals surface area (Å²) in [4.78, 5) is 17.4. The molecule has 1 N–H and O–H groups in total. The molecule has 1 saturated heterocycles. The normalized spacial score (nSPS) is 15.6. The molecule has 6 heteroatoms. The van der Waals surface area contributed by atoms with Crippen molar-refractivity contribution >= 4 is 11.6 Å². The number of carbonyl (C=O) groups excluding carboxylic acids is 1. The second kappa shape index (κ2) is 9.50. The molecule has 0 radical (unpaired) electrons. The Morgan fingerprint density at radius 3 is 2.37 bits per heavy atom. The number of furan rings is 1. The summed E-state index contributed by atoms with van der Waals surface area (Å²) in [7, 11) is 1.61. The second-order valence-corrected chi connectivity index (χ2v) is 7.33. The lowest BCUT2D eigenvalue weighted by Crippen LogP contribution is -2.49. The Labute approximate surface area is 177 Å². The maximum atomic E-state index is 12.6. The molecule has 2 heterocycles. The monoisotopic (exact) mass is 405 g/mol. The molecule has 0 aliphatic carbocycles. The van der Waals surface area contributed by atoms with Gasteiger partial charge in [0.15, 0.2) is 0 Å². The smallest absolute Gasteiger partial charge is 0.251 e. The number of benzene rings is 2. The molecule has 6 nitrogen and oxygen atoms in total. The Balaban J connectivity index is 1.39. The fraction of sp³-hybridized carbons (Fsp3) is 0.292. The van der Waals surface area contributed by atoms with Crippen LogP contribution in [0.15, 0.2) is 77.4 Å². The molecule has 1 aromatic heterocycles. The molecule has 1 aliphatic heterocycles. The van der Waals surface area contributed by atoms with Crippen LogP contribution in [0.3, 0.4) is 0 Å². The molecule has 1 atom stereocenters. The topological polar surface area (TPSA) is 58.0 Å². The van der Waals surface area contributed by atoms with Crippen LogP contribution in [0.25, 0.3) is 0 Å². The second-order valence-electron chi connectivity index (χ2n) is 7.33. The zero-order chi connectivity index (χ0) is 20.8. The highest BCUT2D eigenvalue weighted by atomic mass is 16.5. The number of rotatable bonds is 7. The van der Waals surface area contributed by atoms with Crippen molar-refractivity contribution < 1.29 is 13.9 Å². The van der Waals surface area contributed by atoms with Gasteiger partial charge in [0.1, 0.15) is 11.5 Å². The summed E-state index contributed by atoms with van der Waals surface area (Å²) in [6.45, 7) is 4.17. The summed E-state index contributed by atoms with van der Waals surface area (Å²) < 4.78 is 10.9. The van der Waals surface area contributed by atoms with Crippen molar-refractivity contribution in [1.82, 2.24) is 10.2 Å². The number of nitrogens with zero attached hydrogens (tertiary/aromatic N) is 2. The van der Waals surface area contributed by atoms with Crippen LogP contribution in [0.5, 0.6) is 5.75 Å². The molecule has 3 aromatic rings. The third-order valence-electron chi connectivity index (χ3n) is 5.56. The van der Waals surface area contributed by atoms with E-state index < -0.39 is 0 Å². The van der Waals surface area contributed by atoms with Crippen LogP contribution in [-0.4, -0.2) is 50.6 Å². The Bertz CT molecular complexity index is 918. The van der Waals surface area contributed by atoms with Crippen molar-refractivity contribution in [3.63, 3.8) is 0 Å². The average molecular weight is 405 g/mol. The number of methoxy groups -OCH3 is 1. The Hall–Kier alpha value is -3.25. The van der Waals surface area contributed by atoms with E-state index >= 15 is 0 Å². The van der Waals surface area contributed by atoms with E-state index in [0.29, 0.717) is 12.1 Å². The predicted molar refractivity (Wildman–Crippen MR) is 117 cm³/mol. The number of amides is 1. The molecule has 4 rings (SSSR count). The van der Waals surface area contributed by atoms with Crippen LogP contribution in [0.2, 0.25) is 0 Å². The fourth-order valence-corrected chi connectivity index (χ4v) is 3.85. The molecule has 156 valence electrons. The molecule has 0 spiro atoms. The summed E-state index contributed by atoms with van der Waals surface area (Å²) >= 11 is 0. The van der Waals surface area contributed by atoms with Crippen molar-refractivity contribution in [3.05, 3.63) is 84.3 Å². The number of nitrogens with one attached hydrogen (secondary N) is 1. The molecule has 1 aliphatic rings. The summed E-state index contributed by atoms with van der Waals surface area (Å²) in [5.41, 5.74) is 1.86. The van der Waals surface area contributed by atoms with Gasteiger partial charge in [0.25, 0.3) is 5.91 Å². The largest absolute Gasteiger partial charge is 0.497 e. The van der Waals surface area contributed by atoms with Gasteiger partial charge in [-0.2, -0.15) is 0 Å². The zero-order valence-corrected chi connectivity index (χ0v) is 17.2. The molecule has 30 heavy (non-hydrogen) atoms. The van der Waals surface area contributed by atoms with E-state index in [-0.39, 0.29) is 11.9 Å². The molecule has 0 bridgehead atoms. The van der Waals surface area contributed by atoms with Gasteiger partial charge < -0.3 is 19.4 Å². The third kappa shape index (κ3) is 4.66. The first-order chi connectivity index (χ1) is 14.7. The summed E-state index contributed by atoms with van der Waals surface area (Å²) in [5.74, 6) is 1.51.